The fourth-order valence-electron chi connectivity index (χ4n) is 2.27. The Bertz CT molecular complexity index is 745. The zero-order valence-electron chi connectivity index (χ0n) is 15.4. The van der Waals surface area contributed by atoms with E-state index in [2.05, 4.69) is 0 Å². The Hall–Kier alpha value is -1.93. The number of hydrogen-bond acceptors (Lipinski definition) is 3. The van der Waals surface area contributed by atoms with Crippen molar-refractivity contribution in [1.82, 2.24) is 0 Å². The number of para-hydroxylation sites is 3. The lowest BCUT2D eigenvalue weighted by molar-refractivity contribution is 0.385. The summed E-state index contributed by atoms with van der Waals surface area (Å²) < 4.78 is 18.3. The molecule has 0 saturated heterocycles. The molecule has 0 heterocycles. The summed E-state index contributed by atoms with van der Waals surface area (Å²) in [6.07, 6.45) is 0. The zero-order valence-corrected chi connectivity index (χ0v) is 17.9. The highest BCUT2D eigenvalue weighted by Gasteiger charge is 2.22. The third kappa shape index (κ3) is 6.32. The van der Waals surface area contributed by atoms with E-state index < -0.39 is 8.60 Å². The van der Waals surface area contributed by atoms with Gasteiger partial charge >= 0.3 is 8.60 Å². The molecule has 0 saturated carbocycles. The zero-order chi connectivity index (χ0) is 17.6. The molecule has 0 atom stereocenters. The molecule has 3 aromatic carbocycles. The third-order valence-electron chi connectivity index (χ3n) is 3.80. The highest BCUT2D eigenvalue weighted by molar-refractivity contribution is 7.43. The predicted octanol–water partition coefficient (Wildman–Crippen LogP) is 7.22. The summed E-state index contributed by atoms with van der Waals surface area (Å²) in [6, 6.07) is 23.6. The van der Waals surface area contributed by atoms with Crippen molar-refractivity contribution in [2.45, 2.75) is 20.8 Å². The van der Waals surface area contributed by atoms with Gasteiger partial charge in [0.15, 0.2) is 0 Å². The Morgan fingerprint density at radius 3 is 1.00 bits per heavy atom. The van der Waals surface area contributed by atoms with Crippen molar-refractivity contribution in [3.63, 3.8) is 0 Å². The van der Waals surface area contributed by atoms with E-state index in [0.717, 1.165) is 33.9 Å². The second-order valence-electron chi connectivity index (χ2n) is 5.79. The quantitative estimate of drug-likeness (QED) is 0.390. The van der Waals surface area contributed by atoms with Gasteiger partial charge < -0.3 is 13.6 Å². The van der Waals surface area contributed by atoms with Crippen LogP contribution >= 0.6 is 33.4 Å². The maximum atomic E-state index is 6.08. The van der Waals surface area contributed by atoms with E-state index in [9.17, 15) is 0 Å². The maximum Gasteiger partial charge on any atom is 0.530 e. The standard InChI is InChI=1S/C21H21O3P.2ClH/c1-16-10-4-7-13-19(16)22-25(23-20-14-8-5-11-17(20)2)24-21-15-9-6-12-18(21)3;;/h4-15H,1-3H3;2*1H. The second-order valence-corrected chi connectivity index (χ2v) is 6.79. The highest BCUT2D eigenvalue weighted by Crippen LogP contribution is 2.44. The van der Waals surface area contributed by atoms with E-state index in [0.29, 0.717) is 0 Å². The molecular weight excluding hydrogens is 402 g/mol. The molecule has 0 amide bonds. The van der Waals surface area contributed by atoms with Gasteiger partial charge in [-0.1, -0.05) is 54.6 Å². The van der Waals surface area contributed by atoms with Gasteiger partial charge in [0.2, 0.25) is 0 Å². The number of halogens is 2. The average Bonchev–Trinajstić information content (AvgIpc) is 2.61. The predicted molar refractivity (Wildman–Crippen MR) is 117 cm³/mol. The van der Waals surface area contributed by atoms with E-state index in [1.165, 1.54) is 0 Å². The molecular formula is C21H23Cl2O3P. The average molecular weight is 425 g/mol. The van der Waals surface area contributed by atoms with E-state index >= 15 is 0 Å². The van der Waals surface area contributed by atoms with Crippen molar-refractivity contribution in [3.8, 4) is 17.2 Å². The van der Waals surface area contributed by atoms with Gasteiger partial charge in [-0.05, 0) is 55.7 Å². The minimum Gasteiger partial charge on any atom is -0.408 e. The fourth-order valence-corrected chi connectivity index (χ4v) is 3.48. The first-order valence-corrected chi connectivity index (χ1v) is 9.24. The molecule has 27 heavy (non-hydrogen) atoms. The van der Waals surface area contributed by atoms with Crippen molar-refractivity contribution in [1.29, 1.82) is 0 Å². The molecule has 0 N–H and O–H groups in total. The van der Waals surface area contributed by atoms with Gasteiger partial charge in [-0.3, -0.25) is 0 Å². The minimum atomic E-state index is -1.64. The molecule has 6 heteroatoms. The first-order valence-electron chi connectivity index (χ1n) is 8.14. The molecule has 3 rings (SSSR count). The van der Waals surface area contributed by atoms with Crippen molar-refractivity contribution in [2.75, 3.05) is 0 Å². The number of aryl methyl sites for hydroxylation is 3. The number of hydrogen-bond donors (Lipinski definition) is 0. The SMILES string of the molecule is Cc1ccccc1OP(Oc1ccccc1C)Oc1ccccc1C.Cl.Cl. The number of rotatable bonds is 6. The molecule has 0 fully saturated rings. The lowest BCUT2D eigenvalue weighted by Gasteiger charge is -2.20. The summed E-state index contributed by atoms with van der Waals surface area (Å²) in [5, 5.41) is 0. The molecule has 0 spiro atoms. The monoisotopic (exact) mass is 424 g/mol. The van der Waals surface area contributed by atoms with Crippen LogP contribution in [0.3, 0.4) is 0 Å². The van der Waals surface area contributed by atoms with Crippen molar-refractivity contribution >= 4 is 33.4 Å². The molecule has 0 unspecified atom stereocenters. The van der Waals surface area contributed by atoms with E-state index in [1.807, 2.05) is 93.6 Å². The minimum absolute atomic E-state index is 0. The van der Waals surface area contributed by atoms with Crippen LogP contribution in [0, 0.1) is 20.8 Å². The van der Waals surface area contributed by atoms with E-state index in [-0.39, 0.29) is 24.8 Å². The van der Waals surface area contributed by atoms with Gasteiger partial charge in [0.1, 0.15) is 17.2 Å². The van der Waals surface area contributed by atoms with Crippen LogP contribution in [-0.2, 0) is 0 Å². The van der Waals surface area contributed by atoms with E-state index in [1.54, 1.807) is 0 Å². The molecule has 0 aliphatic heterocycles. The van der Waals surface area contributed by atoms with Crippen LogP contribution in [-0.4, -0.2) is 0 Å². The van der Waals surface area contributed by atoms with Gasteiger partial charge in [0.05, 0.1) is 0 Å². The van der Waals surface area contributed by atoms with Crippen LogP contribution in [0.5, 0.6) is 17.2 Å². The van der Waals surface area contributed by atoms with Crippen molar-refractivity contribution in [2.24, 2.45) is 0 Å². The van der Waals surface area contributed by atoms with Crippen molar-refractivity contribution in [3.05, 3.63) is 89.5 Å². The third-order valence-corrected chi connectivity index (χ3v) is 4.84. The Labute approximate surface area is 174 Å². The normalized spacial score (nSPS) is 9.78. The lowest BCUT2D eigenvalue weighted by Crippen LogP contribution is -2.04. The molecule has 0 aromatic heterocycles. The van der Waals surface area contributed by atoms with Gasteiger partial charge in [0, 0.05) is 0 Å². The first kappa shape index (κ1) is 23.1. The Kier molecular flexibility index (Phi) is 9.45. The molecule has 3 aromatic rings. The highest BCUT2D eigenvalue weighted by atomic mass is 35.5. The summed E-state index contributed by atoms with van der Waals surface area (Å²) in [5.41, 5.74) is 3.12. The van der Waals surface area contributed by atoms with Crippen LogP contribution in [0.25, 0.3) is 0 Å². The Balaban J connectivity index is 0.00000182. The van der Waals surface area contributed by atoms with Gasteiger partial charge in [0.25, 0.3) is 0 Å². The van der Waals surface area contributed by atoms with Crippen LogP contribution in [0.1, 0.15) is 16.7 Å². The van der Waals surface area contributed by atoms with Crippen LogP contribution < -0.4 is 13.6 Å². The Morgan fingerprint density at radius 2 is 0.741 bits per heavy atom. The summed E-state index contributed by atoms with van der Waals surface area (Å²) >= 11 is 0. The second kappa shape index (κ2) is 11.0. The van der Waals surface area contributed by atoms with Crippen LogP contribution in [0.4, 0.5) is 0 Å². The van der Waals surface area contributed by atoms with Gasteiger partial charge in [-0.25, -0.2) is 0 Å². The Morgan fingerprint density at radius 1 is 0.481 bits per heavy atom. The smallest absolute Gasteiger partial charge is 0.408 e. The lowest BCUT2D eigenvalue weighted by atomic mass is 10.2. The summed E-state index contributed by atoms with van der Waals surface area (Å²) in [6.45, 7) is 6.01. The summed E-state index contributed by atoms with van der Waals surface area (Å²) in [4.78, 5) is 0. The maximum absolute atomic E-state index is 6.08. The van der Waals surface area contributed by atoms with Gasteiger partial charge in [-0.2, -0.15) is 0 Å². The topological polar surface area (TPSA) is 27.7 Å². The molecule has 0 bridgehead atoms. The van der Waals surface area contributed by atoms with Crippen LogP contribution in [0.2, 0.25) is 0 Å². The molecule has 144 valence electrons. The van der Waals surface area contributed by atoms with E-state index in [4.69, 9.17) is 13.6 Å². The largest absolute Gasteiger partial charge is 0.530 e. The number of benzene rings is 3. The molecule has 0 aliphatic carbocycles. The van der Waals surface area contributed by atoms with Crippen LogP contribution in [0.15, 0.2) is 72.8 Å². The molecule has 0 aliphatic rings. The summed E-state index contributed by atoms with van der Waals surface area (Å²) in [7, 11) is -1.64. The molecule has 3 nitrogen and oxygen atoms in total. The van der Waals surface area contributed by atoms with Crippen molar-refractivity contribution < 1.29 is 13.6 Å². The molecule has 0 radical (unpaired) electrons. The fraction of sp³-hybridized carbons (Fsp3) is 0.143. The summed E-state index contributed by atoms with van der Waals surface area (Å²) in [5.74, 6) is 2.28. The first-order chi connectivity index (χ1) is 12.1. The van der Waals surface area contributed by atoms with Gasteiger partial charge in [-0.15, -0.1) is 24.8 Å².